The van der Waals surface area contributed by atoms with Gasteiger partial charge in [-0.1, -0.05) is 29.8 Å². The first-order valence-electron chi connectivity index (χ1n) is 11.7. The summed E-state index contributed by atoms with van der Waals surface area (Å²) in [6.45, 7) is 2.81. The SMILES string of the molecule is Cc1cc(Cn2nc(C(F)(F)C(F)(F)F)nc2C(F)(F)F)ccc1N(C(=O)c1c(Cl)cccc1C(N)=O)C(C)(C)CO. The third-order valence-electron chi connectivity index (χ3n) is 6.08. The van der Waals surface area contributed by atoms with Crippen LogP contribution >= 0.6 is 11.6 Å². The second-order valence-electron chi connectivity index (χ2n) is 9.75. The van der Waals surface area contributed by atoms with Crippen molar-refractivity contribution in [2.75, 3.05) is 11.5 Å². The number of aromatic nitrogens is 3. The lowest BCUT2D eigenvalue weighted by molar-refractivity contribution is -0.292. The van der Waals surface area contributed by atoms with Crippen molar-refractivity contribution in [3.05, 3.63) is 75.3 Å². The molecule has 2 amide bonds. The number of alkyl halides is 8. The minimum Gasteiger partial charge on any atom is -0.394 e. The van der Waals surface area contributed by atoms with Gasteiger partial charge in [0.15, 0.2) is 0 Å². The first kappa shape index (κ1) is 32.7. The average Bonchev–Trinajstić information content (AvgIpc) is 3.29. The van der Waals surface area contributed by atoms with Gasteiger partial charge in [-0.3, -0.25) is 9.59 Å². The number of aliphatic hydroxyl groups excluding tert-OH is 1. The van der Waals surface area contributed by atoms with E-state index in [-0.39, 0.29) is 37.6 Å². The van der Waals surface area contributed by atoms with Crippen LogP contribution in [0.2, 0.25) is 5.02 Å². The van der Waals surface area contributed by atoms with Gasteiger partial charge in [0, 0.05) is 5.69 Å². The summed E-state index contributed by atoms with van der Waals surface area (Å²) in [6.07, 6.45) is -11.7. The van der Waals surface area contributed by atoms with Gasteiger partial charge in [0.2, 0.25) is 17.6 Å². The third kappa shape index (κ3) is 6.18. The van der Waals surface area contributed by atoms with E-state index in [1.54, 1.807) is 0 Å². The van der Waals surface area contributed by atoms with Crippen LogP contribution < -0.4 is 10.6 Å². The molecule has 0 aliphatic carbocycles. The Morgan fingerprint density at radius 3 is 2.17 bits per heavy atom. The number of amides is 2. The number of halogens is 9. The Kier molecular flexibility index (Phi) is 8.67. The highest BCUT2D eigenvalue weighted by Crippen LogP contribution is 2.43. The molecule has 0 aliphatic rings. The lowest BCUT2D eigenvalue weighted by atomic mass is 9.96. The van der Waals surface area contributed by atoms with Gasteiger partial charge < -0.3 is 15.7 Å². The number of carbonyl (C=O) groups excluding carboxylic acids is 2. The quantitative estimate of drug-likeness (QED) is 0.321. The van der Waals surface area contributed by atoms with E-state index in [1.165, 1.54) is 57.2 Å². The third-order valence-corrected chi connectivity index (χ3v) is 6.40. The molecule has 0 bridgehead atoms. The van der Waals surface area contributed by atoms with Crippen LogP contribution in [-0.2, 0) is 18.6 Å². The molecule has 0 radical (unpaired) electrons. The van der Waals surface area contributed by atoms with E-state index >= 15 is 0 Å². The molecule has 42 heavy (non-hydrogen) atoms. The number of hydrogen-bond donors (Lipinski definition) is 2. The molecule has 0 atom stereocenters. The summed E-state index contributed by atoms with van der Waals surface area (Å²) in [5.74, 6) is -12.0. The molecule has 0 unspecified atom stereocenters. The first-order chi connectivity index (χ1) is 19.1. The molecule has 0 fully saturated rings. The molecular formula is C25H22ClF8N5O3. The van der Waals surface area contributed by atoms with Gasteiger partial charge in [0.1, 0.15) is 0 Å². The van der Waals surface area contributed by atoms with Crippen LogP contribution in [0.1, 0.15) is 57.3 Å². The number of nitrogens with zero attached hydrogens (tertiary/aromatic N) is 4. The lowest BCUT2D eigenvalue weighted by Crippen LogP contribution is -2.51. The standard InChI is InChI=1S/C25H22ClF8N5O3/c1-12-9-13(10-38-21(24(29,30)31)36-20(37-38)23(27,28)25(32,33)34)7-8-16(12)39(22(2,3)11-40)19(42)17-14(18(35)41)5-4-6-15(17)26/h4-9,40H,10-11H2,1-3H3,(H2,35,41). The van der Waals surface area contributed by atoms with Gasteiger partial charge >= 0.3 is 18.3 Å². The first-order valence-corrected chi connectivity index (χ1v) is 12.1. The molecule has 228 valence electrons. The molecule has 2 aromatic carbocycles. The Bertz CT molecular complexity index is 1520. The van der Waals surface area contributed by atoms with Crippen molar-refractivity contribution in [1.82, 2.24) is 14.8 Å². The van der Waals surface area contributed by atoms with E-state index in [2.05, 4.69) is 10.1 Å². The number of carbonyl (C=O) groups is 2. The van der Waals surface area contributed by atoms with Gasteiger partial charge in [-0.15, -0.1) is 5.10 Å². The van der Waals surface area contributed by atoms with Crippen molar-refractivity contribution < 1.29 is 49.8 Å². The summed E-state index contributed by atoms with van der Waals surface area (Å²) in [5, 5.41) is 12.7. The highest BCUT2D eigenvalue weighted by Gasteiger charge is 2.62. The Morgan fingerprint density at radius 1 is 1.05 bits per heavy atom. The number of primary amides is 1. The fraction of sp³-hybridized carbons (Fsp3) is 0.360. The number of hydrogen-bond acceptors (Lipinski definition) is 5. The van der Waals surface area contributed by atoms with Crippen LogP contribution in [0.5, 0.6) is 0 Å². The summed E-state index contributed by atoms with van der Waals surface area (Å²) < 4.78 is 106. The fourth-order valence-electron chi connectivity index (χ4n) is 4.00. The Balaban J connectivity index is 2.11. The minimum absolute atomic E-state index is 0.0432. The molecule has 3 rings (SSSR count). The van der Waals surface area contributed by atoms with Gasteiger partial charge in [-0.25, -0.2) is 9.67 Å². The van der Waals surface area contributed by atoms with E-state index in [0.29, 0.717) is 0 Å². The van der Waals surface area contributed by atoms with E-state index in [4.69, 9.17) is 17.3 Å². The maximum atomic E-state index is 13.8. The van der Waals surface area contributed by atoms with E-state index in [9.17, 15) is 49.8 Å². The number of nitrogens with two attached hydrogens (primary N) is 1. The Hall–Kier alpha value is -3.79. The van der Waals surface area contributed by atoms with Crippen molar-refractivity contribution >= 4 is 29.1 Å². The summed E-state index contributed by atoms with van der Waals surface area (Å²) in [5.41, 5.74) is 3.78. The Labute approximate surface area is 237 Å². The molecule has 3 N–H and O–H groups in total. The van der Waals surface area contributed by atoms with Crippen LogP contribution in [0.25, 0.3) is 0 Å². The largest absolute Gasteiger partial charge is 0.461 e. The molecule has 0 aliphatic heterocycles. The van der Waals surface area contributed by atoms with E-state index in [1.807, 2.05) is 0 Å². The predicted molar refractivity (Wildman–Crippen MR) is 133 cm³/mol. The average molecular weight is 628 g/mol. The smallest absolute Gasteiger partial charge is 0.394 e. The van der Waals surface area contributed by atoms with Crippen LogP contribution in [0.15, 0.2) is 36.4 Å². The van der Waals surface area contributed by atoms with Crippen molar-refractivity contribution in [1.29, 1.82) is 0 Å². The zero-order valence-electron chi connectivity index (χ0n) is 21.9. The van der Waals surface area contributed by atoms with Crippen molar-refractivity contribution in [2.24, 2.45) is 5.73 Å². The Morgan fingerprint density at radius 2 is 1.67 bits per heavy atom. The van der Waals surface area contributed by atoms with Crippen LogP contribution in [-0.4, -0.2) is 50.0 Å². The second kappa shape index (κ2) is 11.1. The molecule has 0 saturated heterocycles. The molecule has 17 heteroatoms. The topological polar surface area (TPSA) is 114 Å². The number of anilines is 1. The van der Waals surface area contributed by atoms with Gasteiger partial charge in [-0.2, -0.15) is 35.1 Å². The monoisotopic (exact) mass is 627 g/mol. The van der Waals surface area contributed by atoms with Crippen LogP contribution in [0.4, 0.5) is 40.8 Å². The van der Waals surface area contributed by atoms with Crippen molar-refractivity contribution in [2.45, 2.75) is 51.1 Å². The van der Waals surface area contributed by atoms with Crippen molar-refractivity contribution in [3.8, 4) is 0 Å². The minimum atomic E-state index is -6.24. The number of aryl methyl sites for hydroxylation is 1. The molecule has 0 saturated carbocycles. The molecule has 3 aromatic rings. The molecule has 1 aromatic heterocycles. The summed E-state index contributed by atoms with van der Waals surface area (Å²) in [6, 6.07) is 7.62. The highest BCUT2D eigenvalue weighted by molar-refractivity contribution is 6.35. The van der Waals surface area contributed by atoms with E-state index < -0.39 is 60.4 Å². The maximum absolute atomic E-state index is 13.8. The molecule has 0 spiro atoms. The van der Waals surface area contributed by atoms with Crippen molar-refractivity contribution in [3.63, 3.8) is 0 Å². The highest BCUT2D eigenvalue weighted by atomic mass is 35.5. The van der Waals surface area contributed by atoms with Gasteiger partial charge in [0.25, 0.3) is 5.91 Å². The lowest BCUT2D eigenvalue weighted by Gasteiger charge is -2.38. The summed E-state index contributed by atoms with van der Waals surface area (Å²) in [4.78, 5) is 29.3. The number of aliphatic hydroxyl groups is 1. The van der Waals surface area contributed by atoms with Gasteiger partial charge in [0.05, 0.1) is 34.8 Å². The molecule has 8 nitrogen and oxygen atoms in total. The van der Waals surface area contributed by atoms with Gasteiger partial charge in [-0.05, 0) is 50.1 Å². The normalized spacial score (nSPS) is 12.9. The predicted octanol–water partition coefficient (Wildman–Crippen LogP) is 5.48. The van der Waals surface area contributed by atoms with Crippen LogP contribution in [0, 0.1) is 6.92 Å². The number of rotatable bonds is 8. The number of benzene rings is 2. The summed E-state index contributed by atoms with van der Waals surface area (Å²) >= 11 is 6.21. The maximum Gasteiger partial charge on any atom is 0.461 e. The second-order valence-corrected chi connectivity index (χ2v) is 10.2. The zero-order valence-corrected chi connectivity index (χ0v) is 22.7. The van der Waals surface area contributed by atoms with Crippen LogP contribution in [0.3, 0.4) is 0 Å². The zero-order chi connectivity index (χ0) is 32.0. The molecule has 1 heterocycles. The summed E-state index contributed by atoms with van der Waals surface area (Å²) in [7, 11) is 0. The van der Waals surface area contributed by atoms with E-state index in [0.717, 1.165) is 4.90 Å². The fourth-order valence-corrected chi connectivity index (χ4v) is 4.26. The molecular weight excluding hydrogens is 606 g/mol.